The predicted molar refractivity (Wildman–Crippen MR) is 148 cm³/mol. The van der Waals surface area contributed by atoms with Gasteiger partial charge in [0, 0.05) is 32.9 Å². The minimum Gasteiger partial charge on any atom is -0.487 e. The Morgan fingerprint density at radius 1 is 0.912 bits per heavy atom. The molecule has 0 amide bonds. The number of benzene rings is 2. The van der Waals surface area contributed by atoms with Crippen LogP contribution in [0.3, 0.4) is 0 Å². The molecule has 2 aromatic carbocycles. The molecule has 2 N–H and O–H groups in total. The summed E-state index contributed by atoms with van der Waals surface area (Å²) in [5.74, 6) is 1.60. The van der Waals surface area contributed by atoms with E-state index in [1.807, 2.05) is 36.4 Å². The van der Waals surface area contributed by atoms with Gasteiger partial charge in [0.1, 0.15) is 12.4 Å². The molecule has 6 nitrogen and oxygen atoms in total. The Hall–Kier alpha value is -2.65. The lowest BCUT2D eigenvalue weighted by Crippen LogP contribution is -2.36. The molecule has 0 unspecified atom stereocenters. The summed E-state index contributed by atoms with van der Waals surface area (Å²) < 4.78 is 5.88. The summed E-state index contributed by atoms with van der Waals surface area (Å²) in [7, 11) is 1.79. The van der Waals surface area contributed by atoms with Crippen LogP contribution in [-0.2, 0) is 26.2 Å². The van der Waals surface area contributed by atoms with Gasteiger partial charge in [-0.1, -0.05) is 42.5 Å². The number of aliphatic imine (C=N–C) groups is 1. The van der Waals surface area contributed by atoms with E-state index in [1.54, 1.807) is 13.2 Å². The average Bonchev–Trinajstić information content (AvgIpc) is 3.38. The van der Waals surface area contributed by atoms with E-state index in [-0.39, 0.29) is 24.0 Å². The predicted octanol–water partition coefficient (Wildman–Crippen LogP) is 4.74. The van der Waals surface area contributed by atoms with Crippen LogP contribution in [0.25, 0.3) is 0 Å². The quantitative estimate of drug-likeness (QED) is 0.221. The highest BCUT2D eigenvalue weighted by molar-refractivity contribution is 14.0. The molecule has 7 heteroatoms. The lowest BCUT2D eigenvalue weighted by molar-refractivity contribution is 0.301. The Balaban J connectivity index is 0.00000324. The SMILES string of the molecule is CN=C(NCc1ccc(CN2CCCC2)cc1)NCc1cccc(OCc2ccccn2)c1.I. The van der Waals surface area contributed by atoms with Crippen LogP contribution in [-0.4, -0.2) is 36.0 Å². The molecule has 1 fully saturated rings. The molecule has 180 valence electrons. The largest absolute Gasteiger partial charge is 0.487 e. The number of nitrogens with zero attached hydrogens (tertiary/aromatic N) is 3. The molecule has 1 aliphatic rings. The summed E-state index contributed by atoms with van der Waals surface area (Å²) in [5.41, 5.74) is 4.67. The first kappa shape index (κ1) is 26.0. The number of ether oxygens (including phenoxy) is 1. The van der Waals surface area contributed by atoms with Crippen LogP contribution >= 0.6 is 24.0 Å². The van der Waals surface area contributed by atoms with Crippen LogP contribution in [0.5, 0.6) is 5.75 Å². The Morgan fingerprint density at radius 3 is 2.35 bits per heavy atom. The van der Waals surface area contributed by atoms with Crippen molar-refractivity contribution in [3.63, 3.8) is 0 Å². The molecule has 0 aliphatic carbocycles. The highest BCUT2D eigenvalue weighted by atomic mass is 127. The minimum absolute atomic E-state index is 0. The van der Waals surface area contributed by atoms with Gasteiger partial charge >= 0.3 is 0 Å². The van der Waals surface area contributed by atoms with Crippen LogP contribution in [0, 0.1) is 0 Å². The maximum absolute atomic E-state index is 5.88. The Labute approximate surface area is 219 Å². The average molecular weight is 572 g/mol. The molecule has 0 saturated carbocycles. The van der Waals surface area contributed by atoms with Crippen molar-refractivity contribution in [1.82, 2.24) is 20.5 Å². The molecule has 2 heterocycles. The van der Waals surface area contributed by atoms with Crippen LogP contribution in [0.2, 0.25) is 0 Å². The van der Waals surface area contributed by atoms with E-state index < -0.39 is 0 Å². The number of likely N-dealkylation sites (tertiary alicyclic amines) is 1. The molecule has 3 aromatic rings. The molecule has 1 aromatic heterocycles. The normalized spacial score (nSPS) is 13.9. The molecule has 0 bridgehead atoms. The zero-order valence-electron chi connectivity index (χ0n) is 19.7. The first-order chi connectivity index (χ1) is 16.3. The van der Waals surface area contributed by atoms with E-state index >= 15 is 0 Å². The van der Waals surface area contributed by atoms with Gasteiger partial charge in [-0.3, -0.25) is 14.9 Å². The van der Waals surface area contributed by atoms with Gasteiger partial charge in [-0.15, -0.1) is 24.0 Å². The summed E-state index contributed by atoms with van der Waals surface area (Å²) in [5, 5.41) is 6.78. The monoisotopic (exact) mass is 571 g/mol. The Morgan fingerprint density at radius 2 is 1.65 bits per heavy atom. The maximum Gasteiger partial charge on any atom is 0.191 e. The lowest BCUT2D eigenvalue weighted by atomic mass is 10.1. The first-order valence-electron chi connectivity index (χ1n) is 11.6. The molecule has 0 radical (unpaired) electrons. The minimum atomic E-state index is 0. The molecule has 1 aliphatic heterocycles. The summed E-state index contributed by atoms with van der Waals surface area (Å²) in [6.07, 6.45) is 4.44. The Bertz CT molecular complexity index is 1020. The van der Waals surface area contributed by atoms with E-state index in [1.165, 1.54) is 37.1 Å². The molecule has 1 saturated heterocycles. The highest BCUT2D eigenvalue weighted by Crippen LogP contribution is 2.15. The lowest BCUT2D eigenvalue weighted by Gasteiger charge is -2.15. The number of rotatable bonds is 9. The molecule has 0 spiro atoms. The first-order valence-corrected chi connectivity index (χ1v) is 11.6. The second kappa shape index (κ2) is 13.9. The van der Waals surface area contributed by atoms with Crippen molar-refractivity contribution in [2.24, 2.45) is 4.99 Å². The van der Waals surface area contributed by atoms with Crippen LogP contribution in [0.15, 0.2) is 77.9 Å². The van der Waals surface area contributed by atoms with Crippen molar-refractivity contribution in [3.8, 4) is 5.75 Å². The second-order valence-electron chi connectivity index (χ2n) is 8.34. The second-order valence-corrected chi connectivity index (χ2v) is 8.34. The zero-order valence-corrected chi connectivity index (χ0v) is 22.1. The van der Waals surface area contributed by atoms with Gasteiger partial charge in [-0.2, -0.15) is 0 Å². The number of aromatic nitrogens is 1. The van der Waals surface area contributed by atoms with E-state index in [9.17, 15) is 0 Å². The smallest absolute Gasteiger partial charge is 0.191 e. The van der Waals surface area contributed by atoms with Gasteiger partial charge in [0.05, 0.1) is 5.69 Å². The number of halogens is 1. The van der Waals surface area contributed by atoms with E-state index in [4.69, 9.17) is 4.74 Å². The van der Waals surface area contributed by atoms with Crippen LogP contribution in [0.4, 0.5) is 0 Å². The fraction of sp³-hybridized carbons (Fsp3) is 0.333. The summed E-state index contributed by atoms with van der Waals surface area (Å²) in [6.45, 7) is 5.36. The van der Waals surface area contributed by atoms with Gasteiger partial charge < -0.3 is 15.4 Å². The number of guanidine groups is 1. The van der Waals surface area contributed by atoms with Crippen molar-refractivity contribution >= 4 is 29.9 Å². The number of pyridine rings is 1. The molecular formula is C27H34IN5O. The van der Waals surface area contributed by atoms with Crippen molar-refractivity contribution in [2.75, 3.05) is 20.1 Å². The van der Waals surface area contributed by atoms with Gasteiger partial charge in [0.2, 0.25) is 0 Å². The zero-order chi connectivity index (χ0) is 22.7. The topological polar surface area (TPSA) is 61.8 Å². The van der Waals surface area contributed by atoms with Gasteiger partial charge in [-0.05, 0) is 66.9 Å². The third kappa shape index (κ3) is 8.29. The van der Waals surface area contributed by atoms with Crippen LogP contribution in [0.1, 0.15) is 35.2 Å². The molecule has 34 heavy (non-hydrogen) atoms. The van der Waals surface area contributed by atoms with Crippen LogP contribution < -0.4 is 15.4 Å². The summed E-state index contributed by atoms with van der Waals surface area (Å²) >= 11 is 0. The molecule has 4 rings (SSSR count). The molecular weight excluding hydrogens is 537 g/mol. The molecule has 0 atom stereocenters. The summed E-state index contributed by atoms with van der Waals surface area (Å²) in [6, 6.07) is 22.8. The van der Waals surface area contributed by atoms with E-state index in [0.29, 0.717) is 13.2 Å². The fourth-order valence-corrected chi connectivity index (χ4v) is 3.94. The van der Waals surface area contributed by atoms with E-state index in [0.717, 1.165) is 36.1 Å². The standard InChI is InChI=1S/C27H33N5O.HI/c1-28-27(30-18-22-10-12-23(13-11-22)20-32-15-4-5-16-32)31-19-24-7-6-9-26(17-24)33-21-25-8-2-3-14-29-25;/h2-3,6-14,17H,4-5,15-16,18-21H2,1H3,(H2,28,30,31);1H. The summed E-state index contributed by atoms with van der Waals surface area (Å²) in [4.78, 5) is 11.2. The maximum atomic E-state index is 5.88. The third-order valence-electron chi connectivity index (χ3n) is 5.78. The van der Waals surface area contributed by atoms with E-state index in [2.05, 4.69) is 55.8 Å². The van der Waals surface area contributed by atoms with Gasteiger partial charge in [-0.25, -0.2) is 0 Å². The fourth-order valence-electron chi connectivity index (χ4n) is 3.94. The van der Waals surface area contributed by atoms with Gasteiger partial charge in [0.25, 0.3) is 0 Å². The Kier molecular flexibility index (Phi) is 10.6. The number of nitrogens with one attached hydrogen (secondary N) is 2. The van der Waals surface area contributed by atoms with Crippen molar-refractivity contribution < 1.29 is 4.74 Å². The number of hydrogen-bond acceptors (Lipinski definition) is 4. The number of hydrogen-bond donors (Lipinski definition) is 2. The van der Waals surface area contributed by atoms with Crippen molar-refractivity contribution in [2.45, 2.75) is 39.1 Å². The highest BCUT2D eigenvalue weighted by Gasteiger charge is 2.11. The van der Waals surface area contributed by atoms with Crippen molar-refractivity contribution in [3.05, 3.63) is 95.3 Å². The van der Waals surface area contributed by atoms with Crippen molar-refractivity contribution in [1.29, 1.82) is 0 Å². The van der Waals surface area contributed by atoms with Gasteiger partial charge in [0.15, 0.2) is 5.96 Å². The third-order valence-corrected chi connectivity index (χ3v) is 5.78.